The maximum Gasteiger partial charge on any atom is 2.00 e. The zero-order chi connectivity index (χ0) is 40.5. The summed E-state index contributed by atoms with van der Waals surface area (Å²) in [7, 11) is 0. The third-order valence-corrected chi connectivity index (χ3v) is 8.58. The number of hydrogen-bond donors (Lipinski definition) is 0. The van der Waals surface area contributed by atoms with Gasteiger partial charge in [-0.25, -0.2) is 0 Å². The summed E-state index contributed by atoms with van der Waals surface area (Å²) in [4.78, 5) is 25.3. The topological polar surface area (TPSA) is 79.8 Å². The molecule has 0 radical (unpaired) electrons. The molecule has 0 aliphatic carbocycles. The van der Waals surface area contributed by atoms with Gasteiger partial charge in [0.2, 0.25) is 0 Å². The molecule has 10 aromatic rings. The number of benzene rings is 4. The molecule has 6 heterocycles. The second kappa shape index (κ2) is 20.3. The molecule has 4 aromatic carbocycles. The van der Waals surface area contributed by atoms with Crippen LogP contribution in [0.5, 0.6) is 0 Å². The molecular weight excluding hydrogens is 1140 g/mol. The first-order valence-corrected chi connectivity index (χ1v) is 17.6. The van der Waals surface area contributed by atoms with Crippen molar-refractivity contribution in [2.24, 2.45) is 0 Å². The number of hydrogen-bond acceptors (Lipinski definition) is 4. The number of fused-ring (bicyclic) bond motifs is 6. The van der Waals surface area contributed by atoms with Gasteiger partial charge in [-0.2, -0.15) is 26.3 Å². The SMILES string of the molecule is FC(F)(F)c1c[c-]c(-c2ccccn2)cc1.FC(F)(F)c1c[c-]c(-c2ccccn2)cc1.[Pt+2].[Pt+2].c1ccc2c(c1)[n-]c1ncccc12.c1ccc2c(c1)[n-]c1ncccc12. The van der Waals surface area contributed by atoms with Crippen LogP contribution >= 0.6 is 0 Å². The smallest absolute Gasteiger partial charge is 0.442 e. The van der Waals surface area contributed by atoms with Crippen molar-refractivity contribution in [3.8, 4) is 22.5 Å². The maximum absolute atomic E-state index is 12.3. The minimum atomic E-state index is -4.32. The number of rotatable bonds is 2. The van der Waals surface area contributed by atoms with Crippen molar-refractivity contribution in [2.45, 2.75) is 12.4 Å². The summed E-state index contributed by atoms with van der Waals surface area (Å²) in [5.74, 6) is 0. The molecule has 0 N–H and O–H groups in total. The van der Waals surface area contributed by atoms with Crippen molar-refractivity contribution in [1.82, 2.24) is 29.9 Å². The molecule has 0 aliphatic heterocycles. The van der Waals surface area contributed by atoms with E-state index < -0.39 is 23.5 Å². The Morgan fingerprint density at radius 1 is 0.383 bits per heavy atom. The van der Waals surface area contributed by atoms with Crippen molar-refractivity contribution < 1.29 is 68.5 Å². The van der Waals surface area contributed by atoms with Crippen LogP contribution in [0.2, 0.25) is 0 Å². The zero-order valence-electron chi connectivity index (χ0n) is 30.7. The van der Waals surface area contributed by atoms with Crippen LogP contribution in [-0.4, -0.2) is 19.9 Å². The molecule has 304 valence electrons. The van der Waals surface area contributed by atoms with Gasteiger partial charge in [-0.15, -0.1) is 59.7 Å². The summed E-state index contributed by atoms with van der Waals surface area (Å²) in [5, 5.41) is 4.65. The van der Waals surface area contributed by atoms with E-state index in [4.69, 9.17) is 0 Å². The van der Waals surface area contributed by atoms with Gasteiger partial charge in [0.25, 0.3) is 0 Å². The third kappa shape index (κ3) is 11.2. The number of para-hydroxylation sites is 2. The predicted molar refractivity (Wildman–Crippen MR) is 212 cm³/mol. The predicted octanol–water partition coefficient (Wildman–Crippen LogP) is 11.8. The molecule has 0 amide bonds. The van der Waals surface area contributed by atoms with Crippen LogP contribution in [0.4, 0.5) is 26.3 Å². The molecular formula is C46H28F6N6Pt2. The minimum absolute atomic E-state index is 0. The van der Waals surface area contributed by atoms with Gasteiger partial charge < -0.3 is 29.9 Å². The van der Waals surface area contributed by atoms with Gasteiger partial charge in [-0.3, -0.25) is 0 Å². The average Bonchev–Trinajstić information content (AvgIpc) is 3.83. The van der Waals surface area contributed by atoms with Crippen molar-refractivity contribution in [3.63, 3.8) is 0 Å². The second-order valence-corrected chi connectivity index (χ2v) is 12.4. The first-order valence-electron chi connectivity index (χ1n) is 17.6. The van der Waals surface area contributed by atoms with Gasteiger partial charge in [0.05, 0.1) is 0 Å². The summed E-state index contributed by atoms with van der Waals surface area (Å²) < 4.78 is 73.7. The fourth-order valence-corrected chi connectivity index (χ4v) is 5.78. The Bertz CT molecular complexity index is 2570. The van der Waals surface area contributed by atoms with Gasteiger partial charge >= 0.3 is 54.5 Å². The Balaban J connectivity index is 0.000000151. The van der Waals surface area contributed by atoms with Gasteiger partial charge in [0.15, 0.2) is 0 Å². The molecule has 0 bridgehead atoms. The van der Waals surface area contributed by atoms with Crippen LogP contribution in [0.25, 0.3) is 66.4 Å². The van der Waals surface area contributed by atoms with E-state index in [0.29, 0.717) is 22.5 Å². The Hall–Kier alpha value is -5.96. The number of alkyl halides is 6. The van der Waals surface area contributed by atoms with Crippen molar-refractivity contribution in [1.29, 1.82) is 0 Å². The molecule has 10 rings (SSSR count). The molecule has 0 aliphatic rings. The Morgan fingerprint density at radius 2 is 0.750 bits per heavy atom. The van der Waals surface area contributed by atoms with Crippen LogP contribution in [0.1, 0.15) is 11.1 Å². The van der Waals surface area contributed by atoms with Gasteiger partial charge in [-0.1, -0.05) is 121 Å². The van der Waals surface area contributed by atoms with Crippen molar-refractivity contribution in [3.05, 3.63) is 194 Å². The quantitative estimate of drug-likeness (QED) is 0.127. The standard InChI is InChI=1S/2C12H7F3N.2C11H7N2.2Pt/c2*13-12(14,15)10-6-4-9(5-7-10)11-3-1-2-8-16-11;2*1-2-6-10-8(4-1)9-5-3-7-12-11(9)13-10;;/h2*1-4,6-8H;2*1-7H;;/q4*-1;2*+2. The van der Waals surface area contributed by atoms with Crippen LogP contribution in [0.15, 0.2) is 170 Å². The van der Waals surface area contributed by atoms with Gasteiger partial charge in [-0.05, 0) is 67.2 Å². The van der Waals surface area contributed by atoms with Crippen LogP contribution in [-0.2, 0) is 54.5 Å². The van der Waals surface area contributed by atoms with Crippen LogP contribution < -0.4 is 9.97 Å². The molecule has 60 heavy (non-hydrogen) atoms. The number of pyridine rings is 4. The summed E-state index contributed by atoms with van der Waals surface area (Å²) in [5.41, 5.74) is 4.63. The second-order valence-electron chi connectivity index (χ2n) is 12.4. The molecule has 6 aromatic heterocycles. The Kier molecular flexibility index (Phi) is 15.3. The largest absolute Gasteiger partial charge is 2.00 e. The monoisotopic (exact) mass is 1170 g/mol. The molecule has 0 saturated carbocycles. The molecule has 0 unspecified atom stereocenters. The van der Waals surface area contributed by atoms with E-state index in [2.05, 4.69) is 66.3 Å². The number of aromatic nitrogens is 6. The minimum Gasteiger partial charge on any atom is -0.442 e. The van der Waals surface area contributed by atoms with Crippen LogP contribution in [0, 0.1) is 12.1 Å². The molecule has 14 heteroatoms. The van der Waals surface area contributed by atoms with Crippen LogP contribution in [0.3, 0.4) is 0 Å². The summed E-state index contributed by atoms with van der Waals surface area (Å²) in [6, 6.07) is 46.5. The van der Waals surface area contributed by atoms with Crippen molar-refractivity contribution in [2.75, 3.05) is 0 Å². The Morgan fingerprint density at radius 3 is 1.10 bits per heavy atom. The molecule has 0 spiro atoms. The number of nitrogens with zero attached hydrogens (tertiary/aromatic N) is 6. The molecule has 0 saturated heterocycles. The van der Waals surface area contributed by atoms with E-state index in [-0.39, 0.29) is 42.1 Å². The maximum atomic E-state index is 12.3. The Labute approximate surface area is 368 Å². The zero-order valence-corrected chi connectivity index (χ0v) is 35.3. The average molecular weight is 1170 g/mol. The summed E-state index contributed by atoms with van der Waals surface area (Å²) in [6.45, 7) is 0. The molecule has 0 fully saturated rings. The molecule has 0 atom stereocenters. The fraction of sp³-hybridized carbons (Fsp3) is 0.0435. The van der Waals surface area contributed by atoms with E-state index in [1.54, 1.807) is 61.2 Å². The van der Waals surface area contributed by atoms with E-state index in [9.17, 15) is 26.3 Å². The summed E-state index contributed by atoms with van der Waals surface area (Å²) in [6.07, 6.45) is -1.93. The summed E-state index contributed by atoms with van der Waals surface area (Å²) >= 11 is 0. The van der Waals surface area contributed by atoms with E-state index in [1.165, 1.54) is 22.9 Å². The third-order valence-electron chi connectivity index (χ3n) is 8.58. The number of halogens is 6. The van der Waals surface area contributed by atoms with E-state index in [0.717, 1.165) is 57.4 Å². The van der Waals surface area contributed by atoms with Gasteiger partial charge in [0, 0.05) is 12.4 Å². The first kappa shape index (κ1) is 45.1. The molecule has 6 nitrogen and oxygen atoms in total. The fourth-order valence-electron chi connectivity index (χ4n) is 5.78. The first-order chi connectivity index (χ1) is 28.0. The van der Waals surface area contributed by atoms with E-state index >= 15 is 0 Å². The van der Waals surface area contributed by atoms with Gasteiger partial charge in [0.1, 0.15) is 0 Å². The normalized spacial score (nSPS) is 10.9. The van der Waals surface area contributed by atoms with Crippen molar-refractivity contribution >= 4 is 43.9 Å². The van der Waals surface area contributed by atoms with E-state index in [1.807, 2.05) is 48.5 Å².